The third-order valence-electron chi connectivity index (χ3n) is 2.29. The molecule has 0 saturated carbocycles. The van der Waals surface area contributed by atoms with Crippen molar-refractivity contribution in [1.82, 2.24) is 4.90 Å². The monoisotopic (exact) mass is 271 g/mol. The number of nitriles is 1. The number of rotatable bonds is 2. The van der Waals surface area contributed by atoms with Gasteiger partial charge in [0.25, 0.3) is 0 Å². The highest BCUT2D eigenvalue weighted by Crippen LogP contribution is 2.32. The van der Waals surface area contributed by atoms with Gasteiger partial charge in [-0.05, 0) is 28.1 Å². The van der Waals surface area contributed by atoms with Gasteiger partial charge in [-0.15, -0.1) is 11.3 Å². The summed E-state index contributed by atoms with van der Waals surface area (Å²) < 4.78 is 1.07. The van der Waals surface area contributed by atoms with Gasteiger partial charge in [0, 0.05) is 24.0 Å². The lowest BCUT2D eigenvalue weighted by molar-refractivity contribution is 0.123. The maximum absolute atomic E-state index is 9.07. The Morgan fingerprint density at radius 3 is 2.79 bits per heavy atom. The van der Waals surface area contributed by atoms with E-state index in [1.807, 2.05) is 12.1 Å². The SMILES string of the molecule is N#C[C@H](c1ccc(Br)s1)N1CC(N)C1. The summed E-state index contributed by atoms with van der Waals surface area (Å²) in [6.07, 6.45) is 0. The maximum atomic E-state index is 9.07. The lowest BCUT2D eigenvalue weighted by atomic mass is 10.1. The average Bonchev–Trinajstić information content (AvgIpc) is 2.50. The van der Waals surface area contributed by atoms with Gasteiger partial charge < -0.3 is 5.73 Å². The first-order valence-electron chi connectivity index (χ1n) is 4.35. The molecule has 0 aliphatic carbocycles. The van der Waals surface area contributed by atoms with Crippen LogP contribution in [0.15, 0.2) is 15.9 Å². The molecule has 5 heteroatoms. The van der Waals surface area contributed by atoms with Gasteiger partial charge in [-0.3, -0.25) is 4.90 Å². The van der Waals surface area contributed by atoms with Crippen LogP contribution in [0, 0.1) is 11.3 Å². The molecule has 1 atom stereocenters. The van der Waals surface area contributed by atoms with Gasteiger partial charge in [0.2, 0.25) is 0 Å². The first-order valence-corrected chi connectivity index (χ1v) is 5.96. The maximum Gasteiger partial charge on any atom is 0.133 e. The predicted octanol–water partition coefficient (Wildman–Crippen LogP) is 1.72. The van der Waals surface area contributed by atoms with E-state index in [9.17, 15) is 0 Å². The number of hydrogen-bond donors (Lipinski definition) is 1. The van der Waals surface area contributed by atoms with Crippen molar-refractivity contribution in [2.75, 3.05) is 13.1 Å². The van der Waals surface area contributed by atoms with Crippen LogP contribution in [0.25, 0.3) is 0 Å². The second-order valence-corrected chi connectivity index (χ2v) is 5.88. The third kappa shape index (κ3) is 1.84. The van der Waals surface area contributed by atoms with Crippen molar-refractivity contribution in [1.29, 1.82) is 5.26 Å². The molecule has 1 aromatic heterocycles. The molecular weight excluding hydrogens is 262 g/mol. The van der Waals surface area contributed by atoms with Gasteiger partial charge in [-0.1, -0.05) is 0 Å². The first kappa shape index (κ1) is 10.1. The quantitative estimate of drug-likeness (QED) is 0.891. The topological polar surface area (TPSA) is 53.0 Å². The van der Waals surface area contributed by atoms with Crippen LogP contribution in [-0.2, 0) is 0 Å². The predicted molar refractivity (Wildman–Crippen MR) is 59.9 cm³/mol. The zero-order valence-electron chi connectivity index (χ0n) is 7.48. The number of nitrogens with two attached hydrogens (primary N) is 1. The van der Waals surface area contributed by atoms with Crippen LogP contribution in [0.2, 0.25) is 0 Å². The van der Waals surface area contributed by atoms with Gasteiger partial charge in [0.05, 0.1) is 9.86 Å². The fraction of sp³-hybridized carbons (Fsp3) is 0.444. The van der Waals surface area contributed by atoms with Gasteiger partial charge >= 0.3 is 0 Å². The van der Waals surface area contributed by atoms with E-state index in [1.54, 1.807) is 11.3 Å². The van der Waals surface area contributed by atoms with Gasteiger partial charge in [0.15, 0.2) is 0 Å². The van der Waals surface area contributed by atoms with Crippen LogP contribution in [0.5, 0.6) is 0 Å². The van der Waals surface area contributed by atoms with Crippen molar-refractivity contribution in [3.8, 4) is 6.07 Å². The molecule has 0 spiro atoms. The van der Waals surface area contributed by atoms with Crippen LogP contribution in [0.4, 0.5) is 0 Å². The molecular formula is C9H10BrN3S. The Bertz CT molecular complexity index is 364. The van der Waals surface area contributed by atoms with Crippen LogP contribution in [-0.4, -0.2) is 24.0 Å². The normalized spacial score (nSPS) is 20.1. The zero-order chi connectivity index (χ0) is 10.1. The van der Waals surface area contributed by atoms with Crippen molar-refractivity contribution in [2.45, 2.75) is 12.1 Å². The smallest absolute Gasteiger partial charge is 0.133 e. The fourth-order valence-electron chi connectivity index (χ4n) is 1.56. The molecule has 14 heavy (non-hydrogen) atoms. The minimum absolute atomic E-state index is 0.119. The summed E-state index contributed by atoms with van der Waals surface area (Å²) in [5, 5.41) is 9.07. The molecule has 74 valence electrons. The minimum Gasteiger partial charge on any atom is -0.325 e. The molecule has 2 N–H and O–H groups in total. The second kappa shape index (κ2) is 3.99. The molecule has 1 aromatic rings. The molecule has 0 aromatic carbocycles. The molecule has 0 bridgehead atoms. The largest absolute Gasteiger partial charge is 0.325 e. The summed E-state index contributed by atoms with van der Waals surface area (Å²) in [6, 6.07) is 6.41. The molecule has 0 radical (unpaired) electrons. The van der Waals surface area contributed by atoms with Crippen molar-refractivity contribution >= 4 is 27.3 Å². The van der Waals surface area contributed by atoms with E-state index in [1.165, 1.54) is 0 Å². The van der Waals surface area contributed by atoms with E-state index in [0.717, 1.165) is 21.8 Å². The number of likely N-dealkylation sites (tertiary alicyclic amines) is 1. The summed E-state index contributed by atoms with van der Waals surface area (Å²) in [4.78, 5) is 3.19. The minimum atomic E-state index is -0.119. The van der Waals surface area contributed by atoms with E-state index < -0.39 is 0 Å². The second-order valence-electron chi connectivity index (χ2n) is 3.39. The van der Waals surface area contributed by atoms with Crippen LogP contribution < -0.4 is 5.73 Å². The Kier molecular flexibility index (Phi) is 2.88. The molecule has 2 rings (SSSR count). The number of halogens is 1. The van der Waals surface area contributed by atoms with E-state index in [4.69, 9.17) is 11.0 Å². The van der Waals surface area contributed by atoms with Gasteiger partial charge in [0.1, 0.15) is 6.04 Å². The Balaban J connectivity index is 2.11. The van der Waals surface area contributed by atoms with Gasteiger partial charge in [-0.2, -0.15) is 5.26 Å². The Morgan fingerprint density at radius 2 is 2.36 bits per heavy atom. The standard InChI is InChI=1S/C9H10BrN3S/c10-9-2-1-8(14-9)7(3-11)13-4-6(12)5-13/h1-2,6-7H,4-5,12H2/t7-/m1/s1. The van der Waals surface area contributed by atoms with Crippen molar-refractivity contribution < 1.29 is 0 Å². The molecule has 2 heterocycles. The molecule has 0 unspecified atom stereocenters. The van der Waals surface area contributed by atoms with Crippen molar-refractivity contribution in [3.63, 3.8) is 0 Å². The molecule has 1 aliphatic heterocycles. The van der Waals surface area contributed by atoms with Gasteiger partial charge in [-0.25, -0.2) is 0 Å². The molecule has 1 fully saturated rings. The fourth-order valence-corrected chi connectivity index (χ4v) is 3.06. The van der Waals surface area contributed by atoms with E-state index >= 15 is 0 Å². The highest BCUT2D eigenvalue weighted by molar-refractivity contribution is 9.11. The lowest BCUT2D eigenvalue weighted by Gasteiger charge is -2.39. The van der Waals surface area contributed by atoms with E-state index in [-0.39, 0.29) is 12.1 Å². The van der Waals surface area contributed by atoms with Crippen LogP contribution >= 0.6 is 27.3 Å². The number of nitrogens with zero attached hydrogens (tertiary/aromatic N) is 2. The summed E-state index contributed by atoms with van der Waals surface area (Å²) in [5.41, 5.74) is 5.69. The Hall–Kier alpha value is -0.410. The summed E-state index contributed by atoms with van der Waals surface area (Å²) in [7, 11) is 0. The zero-order valence-corrected chi connectivity index (χ0v) is 9.88. The molecule has 3 nitrogen and oxygen atoms in total. The van der Waals surface area contributed by atoms with Crippen molar-refractivity contribution in [3.05, 3.63) is 20.8 Å². The van der Waals surface area contributed by atoms with Crippen molar-refractivity contribution in [2.24, 2.45) is 5.73 Å². The highest BCUT2D eigenvalue weighted by atomic mass is 79.9. The summed E-state index contributed by atoms with van der Waals surface area (Å²) in [5.74, 6) is 0. The Morgan fingerprint density at radius 1 is 1.64 bits per heavy atom. The first-order chi connectivity index (χ1) is 6.70. The van der Waals surface area contributed by atoms with E-state index in [2.05, 4.69) is 26.9 Å². The molecule has 0 amide bonds. The Labute approximate surface area is 95.3 Å². The summed E-state index contributed by atoms with van der Waals surface area (Å²) >= 11 is 5.01. The highest BCUT2D eigenvalue weighted by Gasteiger charge is 2.31. The number of hydrogen-bond acceptors (Lipinski definition) is 4. The van der Waals surface area contributed by atoms with Crippen LogP contribution in [0.3, 0.4) is 0 Å². The number of thiophene rings is 1. The molecule has 1 saturated heterocycles. The average molecular weight is 272 g/mol. The summed E-state index contributed by atoms with van der Waals surface area (Å²) in [6.45, 7) is 1.65. The molecule has 1 aliphatic rings. The van der Waals surface area contributed by atoms with E-state index in [0.29, 0.717) is 0 Å². The third-order valence-corrected chi connectivity index (χ3v) is 3.97. The lowest BCUT2D eigenvalue weighted by Crippen LogP contribution is -2.56. The van der Waals surface area contributed by atoms with Crippen LogP contribution in [0.1, 0.15) is 10.9 Å².